The predicted molar refractivity (Wildman–Crippen MR) is 95.1 cm³/mol. The van der Waals surface area contributed by atoms with Crippen LogP contribution in [0.1, 0.15) is 28.2 Å². The average molecular weight is 339 g/mol. The van der Waals surface area contributed by atoms with Crippen LogP contribution in [-0.4, -0.2) is 18.5 Å². The fraction of sp³-hybridized carbons (Fsp3) is 0.158. The summed E-state index contributed by atoms with van der Waals surface area (Å²) in [4.78, 5) is 25.1. The zero-order valence-corrected chi connectivity index (χ0v) is 14.0. The maximum atomic E-state index is 12.1. The van der Waals surface area contributed by atoms with Gasteiger partial charge in [0.15, 0.2) is 6.61 Å². The van der Waals surface area contributed by atoms with Crippen molar-refractivity contribution in [3.63, 3.8) is 0 Å². The fourth-order valence-corrected chi connectivity index (χ4v) is 3.16. The maximum Gasteiger partial charge on any atom is 0.338 e. The molecule has 0 bridgehead atoms. The van der Waals surface area contributed by atoms with Crippen LogP contribution in [0.5, 0.6) is 0 Å². The number of ether oxygens (including phenoxy) is 1. The summed E-state index contributed by atoms with van der Waals surface area (Å²) in [5, 5.41) is 6.78. The van der Waals surface area contributed by atoms with Gasteiger partial charge >= 0.3 is 5.97 Å². The molecule has 3 aromatic rings. The molecule has 0 fully saturated rings. The first-order valence-electron chi connectivity index (χ1n) is 7.62. The molecule has 0 aliphatic heterocycles. The smallest absolute Gasteiger partial charge is 0.338 e. The first-order valence-corrected chi connectivity index (χ1v) is 8.50. The number of carbonyl (C=O) groups is 2. The Bertz CT molecular complexity index is 858. The second-order valence-corrected chi connectivity index (χ2v) is 6.42. The minimum atomic E-state index is -0.500. The summed E-state index contributed by atoms with van der Waals surface area (Å²) >= 11 is 1.57. The molecule has 2 aromatic carbocycles. The fourth-order valence-electron chi connectivity index (χ4n) is 2.42. The summed E-state index contributed by atoms with van der Waals surface area (Å²) in [6.07, 6.45) is 0. The molecule has 1 aromatic heterocycles. The average Bonchev–Trinajstić information content (AvgIpc) is 3.14. The highest BCUT2D eigenvalue weighted by Gasteiger charge is 2.13. The van der Waals surface area contributed by atoms with E-state index >= 15 is 0 Å². The van der Waals surface area contributed by atoms with Crippen LogP contribution in [0.2, 0.25) is 0 Å². The Kier molecular flexibility index (Phi) is 4.91. The number of nitrogens with one attached hydrogen (secondary N) is 1. The van der Waals surface area contributed by atoms with Gasteiger partial charge in [-0.3, -0.25) is 4.79 Å². The molecular formula is C19H17NO3S. The first-order chi connectivity index (χ1) is 11.6. The standard InChI is InChI=1S/C19H17NO3S/c1-13(17-7-4-10-24-17)20-18(21)12-23-19(22)16-9-8-14-5-2-3-6-15(14)11-16/h2-11,13H,12H2,1H3,(H,20,21)/t13-/m0/s1. The normalized spacial score (nSPS) is 11.9. The Morgan fingerprint density at radius 3 is 2.62 bits per heavy atom. The summed E-state index contributed by atoms with van der Waals surface area (Å²) in [5.41, 5.74) is 0.438. The molecule has 3 rings (SSSR count). The summed E-state index contributed by atoms with van der Waals surface area (Å²) in [5.74, 6) is -0.815. The molecule has 24 heavy (non-hydrogen) atoms. The number of rotatable bonds is 5. The third-order valence-electron chi connectivity index (χ3n) is 3.67. The number of thiophene rings is 1. The molecular weight excluding hydrogens is 322 g/mol. The lowest BCUT2D eigenvalue weighted by atomic mass is 10.1. The molecule has 1 N–H and O–H groups in total. The van der Waals surface area contributed by atoms with Gasteiger partial charge in [-0.1, -0.05) is 36.4 Å². The van der Waals surface area contributed by atoms with Crippen LogP contribution in [0.25, 0.3) is 10.8 Å². The number of hydrogen-bond donors (Lipinski definition) is 1. The molecule has 1 atom stereocenters. The highest BCUT2D eigenvalue weighted by Crippen LogP contribution is 2.18. The molecule has 4 nitrogen and oxygen atoms in total. The van der Waals surface area contributed by atoms with Gasteiger partial charge in [-0.05, 0) is 41.3 Å². The molecule has 0 saturated heterocycles. The van der Waals surface area contributed by atoms with E-state index in [1.54, 1.807) is 23.5 Å². The minimum Gasteiger partial charge on any atom is -0.452 e. The van der Waals surface area contributed by atoms with E-state index in [1.807, 2.05) is 54.8 Å². The first kappa shape index (κ1) is 16.2. The van der Waals surface area contributed by atoms with Gasteiger partial charge in [-0.15, -0.1) is 11.3 Å². The molecule has 0 unspecified atom stereocenters. The van der Waals surface area contributed by atoms with E-state index < -0.39 is 5.97 Å². The monoisotopic (exact) mass is 339 g/mol. The van der Waals surface area contributed by atoms with Crippen molar-refractivity contribution in [2.24, 2.45) is 0 Å². The number of esters is 1. The van der Waals surface area contributed by atoms with E-state index in [9.17, 15) is 9.59 Å². The van der Waals surface area contributed by atoms with Crippen LogP contribution in [0, 0.1) is 0 Å². The number of hydrogen-bond acceptors (Lipinski definition) is 4. The SMILES string of the molecule is C[C@H](NC(=O)COC(=O)c1ccc2ccccc2c1)c1cccs1. The van der Waals surface area contributed by atoms with E-state index in [0.29, 0.717) is 5.56 Å². The van der Waals surface area contributed by atoms with Crippen LogP contribution in [-0.2, 0) is 9.53 Å². The molecule has 1 heterocycles. The third kappa shape index (κ3) is 3.81. The van der Waals surface area contributed by atoms with Crippen molar-refractivity contribution in [2.75, 3.05) is 6.61 Å². The molecule has 0 aliphatic carbocycles. The van der Waals surface area contributed by atoms with Crippen molar-refractivity contribution in [3.05, 3.63) is 70.4 Å². The quantitative estimate of drug-likeness (QED) is 0.717. The van der Waals surface area contributed by atoms with E-state index in [1.165, 1.54) is 0 Å². The third-order valence-corrected chi connectivity index (χ3v) is 4.72. The molecule has 1 amide bonds. The summed E-state index contributed by atoms with van der Waals surface area (Å²) in [7, 11) is 0. The molecule has 122 valence electrons. The predicted octanol–water partition coefficient (Wildman–Crippen LogP) is 3.94. The number of amides is 1. The number of carbonyl (C=O) groups excluding carboxylic acids is 2. The van der Waals surface area contributed by atoms with Crippen LogP contribution >= 0.6 is 11.3 Å². The largest absolute Gasteiger partial charge is 0.452 e. The Hall–Kier alpha value is -2.66. The summed E-state index contributed by atoms with van der Waals surface area (Å²) in [6.45, 7) is 1.61. The zero-order valence-electron chi connectivity index (χ0n) is 13.2. The van der Waals surface area contributed by atoms with Crippen molar-refractivity contribution in [1.29, 1.82) is 0 Å². The number of benzene rings is 2. The second kappa shape index (κ2) is 7.27. The lowest BCUT2D eigenvalue weighted by Gasteiger charge is -2.12. The van der Waals surface area contributed by atoms with Crippen molar-refractivity contribution < 1.29 is 14.3 Å². The van der Waals surface area contributed by atoms with E-state index in [4.69, 9.17) is 4.74 Å². The van der Waals surface area contributed by atoms with Gasteiger partial charge < -0.3 is 10.1 Å². The minimum absolute atomic E-state index is 0.100. The van der Waals surface area contributed by atoms with E-state index in [-0.39, 0.29) is 18.6 Å². The molecule has 0 spiro atoms. The van der Waals surface area contributed by atoms with Crippen molar-refractivity contribution >= 4 is 34.0 Å². The number of fused-ring (bicyclic) bond motifs is 1. The lowest BCUT2D eigenvalue weighted by Crippen LogP contribution is -2.30. The Balaban J connectivity index is 1.57. The Morgan fingerprint density at radius 1 is 1.08 bits per heavy atom. The van der Waals surface area contributed by atoms with E-state index in [0.717, 1.165) is 15.6 Å². The molecule has 0 saturated carbocycles. The van der Waals surface area contributed by atoms with Crippen molar-refractivity contribution in [1.82, 2.24) is 5.32 Å². The van der Waals surface area contributed by atoms with Crippen LogP contribution < -0.4 is 5.32 Å². The van der Waals surface area contributed by atoms with Crippen molar-refractivity contribution in [3.8, 4) is 0 Å². The van der Waals surface area contributed by atoms with Crippen molar-refractivity contribution in [2.45, 2.75) is 13.0 Å². The molecule has 0 radical (unpaired) electrons. The topological polar surface area (TPSA) is 55.4 Å². The van der Waals surface area contributed by atoms with Crippen LogP contribution in [0.15, 0.2) is 60.0 Å². The van der Waals surface area contributed by atoms with Gasteiger partial charge in [-0.25, -0.2) is 4.79 Å². The maximum absolute atomic E-state index is 12.1. The highest BCUT2D eigenvalue weighted by atomic mass is 32.1. The lowest BCUT2D eigenvalue weighted by molar-refractivity contribution is -0.124. The second-order valence-electron chi connectivity index (χ2n) is 5.44. The Labute approximate surface area is 144 Å². The zero-order chi connectivity index (χ0) is 16.9. The highest BCUT2D eigenvalue weighted by molar-refractivity contribution is 7.10. The van der Waals surface area contributed by atoms with Gasteiger partial charge in [0.05, 0.1) is 11.6 Å². The van der Waals surface area contributed by atoms with Gasteiger partial charge in [0.1, 0.15) is 0 Å². The van der Waals surface area contributed by atoms with Crippen LogP contribution in [0.3, 0.4) is 0 Å². The summed E-state index contributed by atoms with van der Waals surface area (Å²) < 4.78 is 5.11. The molecule has 0 aliphatic rings. The van der Waals surface area contributed by atoms with Gasteiger partial charge in [-0.2, -0.15) is 0 Å². The Morgan fingerprint density at radius 2 is 1.88 bits per heavy atom. The summed E-state index contributed by atoms with van der Waals surface area (Å²) in [6, 6.07) is 16.9. The van der Waals surface area contributed by atoms with E-state index in [2.05, 4.69) is 5.32 Å². The van der Waals surface area contributed by atoms with Gasteiger partial charge in [0, 0.05) is 4.88 Å². The van der Waals surface area contributed by atoms with Gasteiger partial charge in [0.2, 0.25) is 0 Å². The van der Waals surface area contributed by atoms with Gasteiger partial charge in [0.25, 0.3) is 5.91 Å². The molecule has 5 heteroatoms. The van der Waals surface area contributed by atoms with Crippen LogP contribution in [0.4, 0.5) is 0 Å².